The van der Waals surface area contributed by atoms with Crippen LogP contribution in [0.3, 0.4) is 0 Å². The van der Waals surface area contributed by atoms with E-state index in [0.717, 1.165) is 18.6 Å². The van der Waals surface area contributed by atoms with Crippen LogP contribution in [0.1, 0.15) is 31.4 Å². The second-order valence-electron chi connectivity index (χ2n) is 5.64. The Bertz CT molecular complexity index is 595. The van der Waals surface area contributed by atoms with Crippen molar-refractivity contribution in [1.82, 2.24) is 9.62 Å². The standard InChI is InChI=1S/C15H22N2O2S2/c1-2-21(18,19)17-9-7-12(8-10-17)16-14-11-20-15-6-4-3-5-13(14)15/h3-6,12,14,16H,2,7-11H2,1H3. The molecule has 4 nitrogen and oxygen atoms in total. The minimum atomic E-state index is -3.02. The molecular formula is C15H22N2O2S2. The van der Waals surface area contributed by atoms with Gasteiger partial charge in [-0.1, -0.05) is 18.2 Å². The molecule has 2 heterocycles. The fourth-order valence-electron chi connectivity index (χ4n) is 3.07. The van der Waals surface area contributed by atoms with Crippen molar-refractivity contribution in [3.63, 3.8) is 0 Å². The van der Waals surface area contributed by atoms with Gasteiger partial charge in [0.1, 0.15) is 0 Å². The van der Waals surface area contributed by atoms with E-state index in [1.54, 1.807) is 11.2 Å². The van der Waals surface area contributed by atoms with Crippen molar-refractivity contribution in [2.75, 3.05) is 24.6 Å². The van der Waals surface area contributed by atoms with Crippen LogP contribution in [0.4, 0.5) is 0 Å². The van der Waals surface area contributed by atoms with Crippen LogP contribution in [0.2, 0.25) is 0 Å². The maximum absolute atomic E-state index is 11.9. The van der Waals surface area contributed by atoms with Crippen molar-refractivity contribution in [3.05, 3.63) is 29.8 Å². The Labute approximate surface area is 131 Å². The molecule has 1 atom stereocenters. The van der Waals surface area contributed by atoms with Gasteiger partial charge in [0, 0.05) is 35.8 Å². The summed E-state index contributed by atoms with van der Waals surface area (Å²) in [5, 5.41) is 3.72. The fraction of sp³-hybridized carbons (Fsp3) is 0.600. The first kappa shape index (κ1) is 15.3. The second kappa shape index (κ2) is 6.28. The molecular weight excluding hydrogens is 304 g/mol. The Hall–Kier alpha value is -0.560. The summed E-state index contributed by atoms with van der Waals surface area (Å²) in [6, 6.07) is 9.38. The third-order valence-electron chi connectivity index (χ3n) is 4.35. The molecule has 0 amide bonds. The zero-order valence-corrected chi connectivity index (χ0v) is 13.9. The van der Waals surface area contributed by atoms with E-state index in [4.69, 9.17) is 0 Å². The van der Waals surface area contributed by atoms with Gasteiger partial charge in [0.2, 0.25) is 10.0 Å². The maximum atomic E-state index is 11.9. The van der Waals surface area contributed by atoms with Crippen molar-refractivity contribution in [1.29, 1.82) is 0 Å². The Morgan fingerprint density at radius 1 is 1.29 bits per heavy atom. The predicted molar refractivity (Wildman–Crippen MR) is 87.1 cm³/mol. The van der Waals surface area contributed by atoms with Gasteiger partial charge >= 0.3 is 0 Å². The number of fused-ring (bicyclic) bond motifs is 1. The van der Waals surface area contributed by atoms with E-state index in [-0.39, 0.29) is 5.75 Å². The van der Waals surface area contributed by atoms with E-state index in [2.05, 4.69) is 29.6 Å². The van der Waals surface area contributed by atoms with E-state index in [1.807, 2.05) is 11.8 Å². The molecule has 2 aliphatic heterocycles. The highest BCUT2D eigenvalue weighted by molar-refractivity contribution is 7.99. The topological polar surface area (TPSA) is 49.4 Å². The lowest BCUT2D eigenvalue weighted by atomic mass is 10.0. The van der Waals surface area contributed by atoms with Gasteiger partial charge in [-0.05, 0) is 31.4 Å². The quantitative estimate of drug-likeness (QED) is 0.922. The van der Waals surface area contributed by atoms with Crippen LogP contribution in [0.5, 0.6) is 0 Å². The van der Waals surface area contributed by atoms with Crippen LogP contribution in [-0.4, -0.2) is 43.4 Å². The molecule has 1 unspecified atom stereocenters. The van der Waals surface area contributed by atoms with Crippen molar-refractivity contribution in [3.8, 4) is 0 Å². The summed E-state index contributed by atoms with van der Waals surface area (Å²) in [6.45, 7) is 3.01. The average Bonchev–Trinajstić information content (AvgIpc) is 2.91. The molecule has 0 spiro atoms. The fourth-order valence-corrected chi connectivity index (χ4v) is 5.37. The average molecular weight is 326 g/mol. The van der Waals surface area contributed by atoms with Gasteiger partial charge in [-0.3, -0.25) is 0 Å². The number of rotatable bonds is 4. The summed E-state index contributed by atoms with van der Waals surface area (Å²) in [5.74, 6) is 1.28. The molecule has 0 aliphatic carbocycles. The van der Waals surface area contributed by atoms with Gasteiger partial charge in [-0.25, -0.2) is 12.7 Å². The number of hydrogen-bond donors (Lipinski definition) is 1. The highest BCUT2D eigenvalue weighted by atomic mass is 32.2. The molecule has 1 aromatic carbocycles. The van der Waals surface area contributed by atoms with Crippen LogP contribution < -0.4 is 5.32 Å². The molecule has 21 heavy (non-hydrogen) atoms. The first-order chi connectivity index (χ1) is 10.1. The molecule has 0 bridgehead atoms. The number of thioether (sulfide) groups is 1. The largest absolute Gasteiger partial charge is 0.306 e. The van der Waals surface area contributed by atoms with Crippen LogP contribution in [-0.2, 0) is 10.0 Å². The van der Waals surface area contributed by atoms with E-state index in [9.17, 15) is 8.42 Å². The smallest absolute Gasteiger partial charge is 0.213 e. The van der Waals surface area contributed by atoms with E-state index in [1.165, 1.54) is 10.5 Å². The van der Waals surface area contributed by atoms with E-state index in [0.29, 0.717) is 25.2 Å². The van der Waals surface area contributed by atoms with Gasteiger partial charge < -0.3 is 5.32 Å². The van der Waals surface area contributed by atoms with E-state index >= 15 is 0 Å². The van der Waals surface area contributed by atoms with Crippen molar-refractivity contribution >= 4 is 21.8 Å². The lowest BCUT2D eigenvalue weighted by Gasteiger charge is -2.33. The lowest BCUT2D eigenvalue weighted by Crippen LogP contribution is -2.46. The molecule has 1 saturated heterocycles. The second-order valence-corrected chi connectivity index (χ2v) is 8.96. The maximum Gasteiger partial charge on any atom is 0.213 e. The normalized spacial score (nSPS) is 24.1. The molecule has 0 aromatic heterocycles. The van der Waals surface area contributed by atoms with E-state index < -0.39 is 10.0 Å². The molecule has 116 valence electrons. The van der Waals surface area contributed by atoms with Crippen LogP contribution in [0.15, 0.2) is 29.2 Å². The molecule has 0 radical (unpaired) electrons. The Kier molecular flexibility index (Phi) is 4.59. The highest BCUT2D eigenvalue weighted by Gasteiger charge is 2.30. The monoisotopic (exact) mass is 326 g/mol. The van der Waals surface area contributed by atoms with Crippen LogP contribution in [0.25, 0.3) is 0 Å². The van der Waals surface area contributed by atoms with Crippen molar-refractivity contribution < 1.29 is 8.42 Å². The summed E-state index contributed by atoms with van der Waals surface area (Å²) in [5.41, 5.74) is 1.39. The lowest BCUT2D eigenvalue weighted by molar-refractivity contribution is 0.278. The number of sulfonamides is 1. The van der Waals surface area contributed by atoms with Crippen LogP contribution >= 0.6 is 11.8 Å². The molecule has 2 aliphatic rings. The molecule has 0 saturated carbocycles. The molecule has 6 heteroatoms. The van der Waals surface area contributed by atoms with Gasteiger partial charge in [-0.2, -0.15) is 0 Å². The van der Waals surface area contributed by atoms with Gasteiger partial charge in [0.25, 0.3) is 0 Å². The minimum Gasteiger partial charge on any atom is -0.306 e. The number of piperidine rings is 1. The summed E-state index contributed by atoms with van der Waals surface area (Å²) in [7, 11) is -3.02. The van der Waals surface area contributed by atoms with Crippen molar-refractivity contribution in [2.45, 2.75) is 36.7 Å². The minimum absolute atomic E-state index is 0.206. The number of nitrogens with one attached hydrogen (secondary N) is 1. The third-order valence-corrected chi connectivity index (χ3v) is 7.41. The zero-order valence-electron chi connectivity index (χ0n) is 12.3. The summed E-state index contributed by atoms with van der Waals surface area (Å²) in [6.07, 6.45) is 1.81. The number of hydrogen-bond acceptors (Lipinski definition) is 4. The SMILES string of the molecule is CCS(=O)(=O)N1CCC(NC2CSc3ccccc32)CC1. The highest BCUT2D eigenvalue weighted by Crippen LogP contribution is 2.38. The Morgan fingerprint density at radius 2 is 2.00 bits per heavy atom. The van der Waals surface area contributed by atoms with Gasteiger partial charge in [-0.15, -0.1) is 11.8 Å². The predicted octanol–water partition coefficient (Wildman–Crippen LogP) is 2.24. The molecule has 1 fully saturated rings. The molecule has 1 aromatic rings. The Balaban J connectivity index is 1.57. The first-order valence-corrected chi connectivity index (χ1v) is 10.1. The molecule has 3 rings (SSSR count). The van der Waals surface area contributed by atoms with Crippen LogP contribution in [0, 0.1) is 0 Å². The van der Waals surface area contributed by atoms with Gasteiger partial charge in [0.05, 0.1) is 5.75 Å². The molecule has 1 N–H and O–H groups in total. The van der Waals surface area contributed by atoms with Gasteiger partial charge in [0.15, 0.2) is 0 Å². The number of nitrogens with zero attached hydrogens (tertiary/aromatic N) is 1. The summed E-state index contributed by atoms with van der Waals surface area (Å²) in [4.78, 5) is 1.38. The third kappa shape index (κ3) is 3.28. The zero-order chi connectivity index (χ0) is 14.9. The first-order valence-electron chi connectivity index (χ1n) is 7.56. The van der Waals surface area contributed by atoms with Crippen molar-refractivity contribution in [2.24, 2.45) is 0 Å². The summed E-state index contributed by atoms with van der Waals surface area (Å²) < 4.78 is 25.4. The number of benzene rings is 1. The summed E-state index contributed by atoms with van der Waals surface area (Å²) >= 11 is 1.90. The Morgan fingerprint density at radius 3 is 2.71 bits per heavy atom.